The first-order chi connectivity index (χ1) is 9.88. The zero-order valence-electron chi connectivity index (χ0n) is 11.4. The van der Waals surface area contributed by atoms with Crippen molar-refractivity contribution in [3.63, 3.8) is 0 Å². The normalized spacial score (nSPS) is 23.0. The van der Waals surface area contributed by atoms with Crippen LogP contribution in [-0.2, 0) is 7.05 Å². The highest BCUT2D eigenvalue weighted by atomic mass is 79.9. The average Bonchev–Trinajstić information content (AvgIpc) is 2.61. The summed E-state index contributed by atoms with van der Waals surface area (Å²) in [5, 5.41) is 8.45. The van der Waals surface area contributed by atoms with Crippen molar-refractivity contribution in [2.75, 3.05) is 5.32 Å². The van der Waals surface area contributed by atoms with Crippen molar-refractivity contribution in [3.05, 3.63) is 10.9 Å². The van der Waals surface area contributed by atoms with E-state index in [1.54, 1.807) is 4.68 Å². The molecule has 1 N–H and O–H groups in total. The van der Waals surface area contributed by atoms with Gasteiger partial charge in [-0.05, 0) is 34.2 Å². The first kappa shape index (κ1) is 13.4. The fourth-order valence-corrected chi connectivity index (χ4v) is 4.37. The van der Waals surface area contributed by atoms with Gasteiger partial charge in [-0.25, -0.2) is 23.4 Å². The maximum Gasteiger partial charge on any atom is 0.249 e. The number of halogens is 3. The fraction of sp³-hybridized carbons (Fsp3) is 0.615. The van der Waals surface area contributed by atoms with Crippen molar-refractivity contribution in [2.24, 2.45) is 12.5 Å². The molecule has 0 unspecified atom stereocenters. The summed E-state index contributed by atoms with van der Waals surface area (Å²) in [6.45, 7) is 0. The van der Waals surface area contributed by atoms with E-state index >= 15 is 0 Å². The maximum atomic E-state index is 13.0. The molecule has 2 aliphatic carbocycles. The van der Waals surface area contributed by atoms with Gasteiger partial charge in [-0.1, -0.05) is 0 Å². The van der Waals surface area contributed by atoms with E-state index in [0.29, 0.717) is 10.4 Å². The van der Waals surface area contributed by atoms with Gasteiger partial charge in [0.25, 0.3) is 0 Å². The zero-order valence-corrected chi connectivity index (χ0v) is 13.0. The number of nitrogens with one attached hydrogen (secondary N) is 1. The third kappa shape index (κ3) is 2.03. The monoisotopic (exact) mass is 357 g/mol. The molecule has 0 aromatic carbocycles. The quantitative estimate of drug-likeness (QED) is 0.896. The molecule has 0 amide bonds. The second kappa shape index (κ2) is 4.12. The molecule has 2 aliphatic rings. The van der Waals surface area contributed by atoms with Crippen molar-refractivity contribution in [1.29, 1.82) is 0 Å². The number of fused-ring (bicyclic) bond motifs is 1. The number of nitrogens with zero attached hydrogens (tertiary/aromatic N) is 4. The minimum absolute atomic E-state index is 0.0357. The topological polar surface area (TPSA) is 55.6 Å². The predicted molar refractivity (Wildman–Crippen MR) is 77.3 cm³/mol. The van der Waals surface area contributed by atoms with Crippen molar-refractivity contribution < 1.29 is 8.78 Å². The van der Waals surface area contributed by atoms with Gasteiger partial charge in [-0.2, -0.15) is 5.10 Å². The second-order valence-corrected chi connectivity index (χ2v) is 7.05. The van der Waals surface area contributed by atoms with Gasteiger partial charge in [0, 0.05) is 25.9 Å². The molecule has 0 bridgehead atoms. The molecule has 0 saturated heterocycles. The van der Waals surface area contributed by atoms with Crippen LogP contribution in [0.4, 0.5) is 14.6 Å². The number of aryl methyl sites for hydroxylation is 1. The molecular formula is C13H14BrF2N5. The third-order valence-corrected chi connectivity index (χ3v) is 5.10. The Bertz CT molecular complexity index is 713. The molecule has 21 heavy (non-hydrogen) atoms. The summed E-state index contributed by atoms with van der Waals surface area (Å²) in [5.41, 5.74) is 0.600. The Labute approximate surface area is 128 Å². The Kier molecular flexibility index (Phi) is 2.62. The minimum atomic E-state index is -2.44. The Morgan fingerprint density at radius 2 is 2.05 bits per heavy atom. The van der Waals surface area contributed by atoms with Gasteiger partial charge in [0.15, 0.2) is 5.65 Å². The molecule has 2 fully saturated rings. The van der Waals surface area contributed by atoms with Crippen LogP contribution in [0.1, 0.15) is 25.7 Å². The lowest BCUT2D eigenvalue weighted by molar-refractivity contribution is -0.193. The summed E-state index contributed by atoms with van der Waals surface area (Å²) in [7, 11) is 1.82. The van der Waals surface area contributed by atoms with Crippen molar-refractivity contribution in [3.8, 4) is 0 Å². The molecule has 2 heterocycles. The van der Waals surface area contributed by atoms with Crippen LogP contribution in [-0.4, -0.2) is 31.7 Å². The molecular weight excluding hydrogens is 344 g/mol. The van der Waals surface area contributed by atoms with E-state index in [4.69, 9.17) is 0 Å². The predicted octanol–water partition coefficient (Wildman–Crippen LogP) is 3.12. The molecule has 5 nitrogen and oxygen atoms in total. The second-order valence-electron chi connectivity index (χ2n) is 6.29. The highest BCUT2D eigenvalue weighted by Gasteiger charge is 2.61. The third-order valence-electron chi connectivity index (χ3n) is 4.54. The van der Waals surface area contributed by atoms with E-state index in [1.165, 1.54) is 6.33 Å². The molecule has 112 valence electrons. The van der Waals surface area contributed by atoms with Crippen molar-refractivity contribution in [1.82, 2.24) is 19.7 Å². The summed E-state index contributed by atoms with van der Waals surface area (Å²) < 4.78 is 28.4. The lowest BCUT2D eigenvalue weighted by atomic mass is 9.52. The summed E-state index contributed by atoms with van der Waals surface area (Å²) in [4.78, 5) is 8.48. The van der Waals surface area contributed by atoms with E-state index in [9.17, 15) is 8.78 Å². The van der Waals surface area contributed by atoms with E-state index in [2.05, 4.69) is 36.3 Å². The van der Waals surface area contributed by atoms with E-state index in [1.807, 2.05) is 7.05 Å². The Morgan fingerprint density at radius 3 is 2.71 bits per heavy atom. The number of hydrogen-bond donors (Lipinski definition) is 1. The first-order valence-electron chi connectivity index (χ1n) is 6.85. The number of hydrogen-bond acceptors (Lipinski definition) is 4. The van der Waals surface area contributed by atoms with Crippen LogP contribution >= 0.6 is 15.9 Å². The maximum absolute atomic E-state index is 13.0. The van der Waals surface area contributed by atoms with Crippen LogP contribution in [0.2, 0.25) is 0 Å². The van der Waals surface area contributed by atoms with Gasteiger partial charge >= 0.3 is 0 Å². The van der Waals surface area contributed by atoms with Gasteiger partial charge in [0.2, 0.25) is 5.92 Å². The molecule has 0 radical (unpaired) electrons. The summed E-state index contributed by atoms with van der Waals surface area (Å²) in [6.07, 6.45) is 3.13. The summed E-state index contributed by atoms with van der Waals surface area (Å²) in [5.74, 6) is -1.73. The van der Waals surface area contributed by atoms with Crippen LogP contribution in [0.5, 0.6) is 0 Å². The number of anilines is 1. The van der Waals surface area contributed by atoms with Crippen LogP contribution in [0.3, 0.4) is 0 Å². The lowest BCUT2D eigenvalue weighted by Gasteiger charge is -2.57. The number of aromatic nitrogens is 4. The van der Waals surface area contributed by atoms with Gasteiger partial charge in [0.1, 0.15) is 16.7 Å². The molecule has 8 heteroatoms. The molecule has 4 rings (SSSR count). The number of alkyl halides is 2. The summed E-state index contributed by atoms with van der Waals surface area (Å²) in [6, 6.07) is 0.200. The van der Waals surface area contributed by atoms with Gasteiger partial charge < -0.3 is 5.32 Å². The molecule has 2 saturated carbocycles. The lowest BCUT2D eigenvalue weighted by Crippen LogP contribution is -2.57. The van der Waals surface area contributed by atoms with Crippen LogP contribution < -0.4 is 5.32 Å². The molecule has 2 aromatic rings. The summed E-state index contributed by atoms with van der Waals surface area (Å²) >= 11 is 3.41. The molecule has 0 atom stereocenters. The van der Waals surface area contributed by atoms with Crippen LogP contribution in [0, 0.1) is 5.41 Å². The Hall–Kier alpha value is -1.31. The Morgan fingerprint density at radius 1 is 1.33 bits per heavy atom. The standard InChI is InChI=1S/C13H14BrF2N5/c1-21-11-8(9(14)20-21)10(17-6-18-11)19-7-2-12(3-7)4-13(15,16)5-12/h6-7H,2-5H2,1H3,(H,17,18,19). The number of rotatable bonds is 2. The van der Waals surface area contributed by atoms with Gasteiger partial charge in [-0.15, -0.1) is 0 Å². The first-order valence-corrected chi connectivity index (χ1v) is 7.64. The van der Waals surface area contributed by atoms with E-state index in [-0.39, 0.29) is 24.3 Å². The van der Waals surface area contributed by atoms with Crippen LogP contribution in [0.25, 0.3) is 11.0 Å². The van der Waals surface area contributed by atoms with Gasteiger partial charge in [0.05, 0.1) is 5.39 Å². The SMILES string of the molecule is Cn1nc(Br)c2c(NC3CC4(C3)CC(F)(F)C4)ncnc21. The minimum Gasteiger partial charge on any atom is -0.367 e. The molecule has 0 aliphatic heterocycles. The zero-order chi connectivity index (χ0) is 14.8. The van der Waals surface area contributed by atoms with Gasteiger partial charge in [-0.3, -0.25) is 0 Å². The van der Waals surface area contributed by atoms with E-state index in [0.717, 1.165) is 23.9 Å². The van der Waals surface area contributed by atoms with Crippen molar-refractivity contribution in [2.45, 2.75) is 37.6 Å². The van der Waals surface area contributed by atoms with Crippen molar-refractivity contribution >= 4 is 32.8 Å². The highest BCUT2D eigenvalue weighted by Crippen LogP contribution is 2.62. The molecule has 1 spiro atoms. The van der Waals surface area contributed by atoms with Crippen LogP contribution in [0.15, 0.2) is 10.9 Å². The Balaban J connectivity index is 1.52. The fourth-order valence-electron chi connectivity index (χ4n) is 3.77. The van der Waals surface area contributed by atoms with E-state index < -0.39 is 5.92 Å². The average molecular weight is 358 g/mol. The largest absolute Gasteiger partial charge is 0.367 e. The molecule has 2 aromatic heterocycles. The highest BCUT2D eigenvalue weighted by molar-refractivity contribution is 9.10. The smallest absolute Gasteiger partial charge is 0.249 e.